The molecule has 5 nitrogen and oxygen atoms in total. The van der Waals surface area contributed by atoms with E-state index in [0.717, 1.165) is 0 Å². The molecule has 0 atom stereocenters. The summed E-state index contributed by atoms with van der Waals surface area (Å²) in [6, 6.07) is -0.842. The molecule has 0 aromatic rings. The van der Waals surface area contributed by atoms with Gasteiger partial charge in [0, 0.05) is 0 Å². The number of hydrazine groups is 1. The van der Waals surface area contributed by atoms with E-state index in [2.05, 4.69) is 5.43 Å². The van der Waals surface area contributed by atoms with E-state index in [1.54, 1.807) is 0 Å². The Hall–Kier alpha value is -1.39. The average Bonchev–Trinajstić information content (AvgIpc) is 2.15. The summed E-state index contributed by atoms with van der Waals surface area (Å²) in [5.74, 6) is 0. The number of hydrogen-bond donors (Lipinski definition) is 1. The van der Waals surface area contributed by atoms with E-state index in [9.17, 15) is 4.79 Å². The van der Waals surface area contributed by atoms with Crippen molar-refractivity contribution < 1.29 is 9.53 Å². The van der Waals surface area contributed by atoms with Gasteiger partial charge in [-0.2, -0.15) is 0 Å². The molecule has 1 rings (SSSR count). The molecule has 2 N–H and O–H groups in total. The van der Waals surface area contributed by atoms with Gasteiger partial charge in [-0.25, -0.2) is 16.0 Å². The molecule has 0 aliphatic carbocycles. The maximum atomic E-state index is 10.0. The Morgan fingerprint density at radius 2 is 2.67 bits per heavy atom. The van der Waals surface area contributed by atoms with Gasteiger partial charge in [-0.15, -0.1) is 0 Å². The number of ether oxygens (including phenoxy) is 1. The minimum Gasteiger partial charge on any atom is -0.477 e. The van der Waals surface area contributed by atoms with Gasteiger partial charge in [0.15, 0.2) is 6.73 Å². The normalized spacial score (nSPS) is 15.3. The van der Waals surface area contributed by atoms with Crippen molar-refractivity contribution in [1.82, 2.24) is 16.2 Å². The summed E-state index contributed by atoms with van der Waals surface area (Å²) in [5.41, 5.74) is 8.65. The lowest BCUT2D eigenvalue weighted by Gasteiger charge is -2.11. The van der Waals surface area contributed by atoms with Gasteiger partial charge in [-0.1, -0.05) is 0 Å². The maximum absolute atomic E-state index is 10.0. The molecular weight excluding hydrogens is 122 g/mol. The number of nitrogens with zero attached hydrogens (tertiary/aromatic N) is 1. The van der Waals surface area contributed by atoms with E-state index >= 15 is 0 Å². The van der Waals surface area contributed by atoms with Gasteiger partial charge < -0.3 is 4.74 Å². The molecule has 1 heterocycles. The van der Waals surface area contributed by atoms with Crippen LogP contribution in [0.15, 0.2) is 12.5 Å². The van der Waals surface area contributed by atoms with Crippen LogP contribution in [0.1, 0.15) is 0 Å². The third-order valence-corrected chi connectivity index (χ3v) is 0.796. The first kappa shape index (κ1) is 5.74. The SMILES string of the molecule is [NH]C(=O)NN1C=COC1. The third-order valence-electron chi connectivity index (χ3n) is 0.796. The second-order valence-electron chi connectivity index (χ2n) is 1.49. The van der Waals surface area contributed by atoms with Crippen molar-refractivity contribution in [3.63, 3.8) is 0 Å². The first-order valence-electron chi connectivity index (χ1n) is 2.36. The molecule has 0 spiro atoms. The van der Waals surface area contributed by atoms with Gasteiger partial charge in [0.1, 0.15) is 6.26 Å². The van der Waals surface area contributed by atoms with Crippen LogP contribution >= 0.6 is 0 Å². The molecule has 0 unspecified atom stereocenters. The number of urea groups is 1. The standard InChI is InChI=1S/C4H6N3O2/c5-4(8)6-7-1-2-9-3-7/h1-2,5H,3H2,(H,6,8). The van der Waals surface area contributed by atoms with E-state index < -0.39 is 6.03 Å². The van der Waals surface area contributed by atoms with Crippen LogP contribution in [0.4, 0.5) is 4.79 Å². The summed E-state index contributed by atoms with van der Waals surface area (Å²) in [7, 11) is 0. The molecule has 1 aliphatic heterocycles. The second kappa shape index (κ2) is 2.25. The van der Waals surface area contributed by atoms with Gasteiger partial charge in [0.25, 0.3) is 0 Å². The van der Waals surface area contributed by atoms with Crippen LogP contribution in [0.3, 0.4) is 0 Å². The van der Waals surface area contributed by atoms with E-state index in [1.807, 2.05) is 0 Å². The molecule has 0 saturated carbocycles. The summed E-state index contributed by atoms with van der Waals surface area (Å²) in [6.07, 6.45) is 2.97. The Bertz CT molecular complexity index is 145. The van der Waals surface area contributed by atoms with Crippen LogP contribution in [0.5, 0.6) is 0 Å². The largest absolute Gasteiger partial charge is 0.477 e. The highest BCUT2D eigenvalue weighted by Gasteiger charge is 2.04. The average molecular weight is 128 g/mol. The molecule has 1 radical (unpaired) electrons. The van der Waals surface area contributed by atoms with Crippen molar-refractivity contribution >= 4 is 6.03 Å². The fourth-order valence-electron chi connectivity index (χ4n) is 0.483. The Labute approximate surface area is 52.0 Å². The summed E-state index contributed by atoms with van der Waals surface area (Å²) < 4.78 is 4.71. The van der Waals surface area contributed by atoms with Crippen molar-refractivity contribution in [3.05, 3.63) is 12.5 Å². The number of hydrogen-bond acceptors (Lipinski definition) is 3. The van der Waals surface area contributed by atoms with Gasteiger partial charge in [0.2, 0.25) is 0 Å². The second-order valence-corrected chi connectivity index (χ2v) is 1.49. The smallest absolute Gasteiger partial charge is 0.352 e. The highest BCUT2D eigenvalue weighted by Crippen LogP contribution is 1.94. The highest BCUT2D eigenvalue weighted by atomic mass is 16.5. The van der Waals surface area contributed by atoms with Gasteiger partial charge >= 0.3 is 6.03 Å². The number of amides is 2. The van der Waals surface area contributed by atoms with Crippen LogP contribution in [0.25, 0.3) is 0 Å². The van der Waals surface area contributed by atoms with Gasteiger partial charge in [-0.3, -0.25) is 5.01 Å². The van der Waals surface area contributed by atoms with Crippen molar-refractivity contribution in [2.75, 3.05) is 6.73 Å². The van der Waals surface area contributed by atoms with E-state index in [0.29, 0.717) is 0 Å². The number of carbonyl (C=O) groups is 1. The van der Waals surface area contributed by atoms with Gasteiger partial charge in [-0.05, 0) is 0 Å². The fourth-order valence-corrected chi connectivity index (χ4v) is 0.483. The zero-order valence-electron chi connectivity index (χ0n) is 4.63. The van der Waals surface area contributed by atoms with Crippen LogP contribution in [-0.4, -0.2) is 17.8 Å². The molecule has 2 amide bonds. The molecular formula is C4H6N3O2. The molecule has 5 heteroatoms. The van der Waals surface area contributed by atoms with Crippen LogP contribution in [0.2, 0.25) is 0 Å². The first-order valence-corrected chi connectivity index (χ1v) is 2.36. The van der Waals surface area contributed by atoms with E-state index in [-0.39, 0.29) is 6.73 Å². The van der Waals surface area contributed by atoms with Gasteiger partial charge in [0.05, 0.1) is 6.20 Å². The first-order chi connectivity index (χ1) is 4.29. The zero-order chi connectivity index (χ0) is 6.69. The molecule has 0 aromatic carbocycles. The number of carbonyl (C=O) groups excluding carboxylic acids is 1. The van der Waals surface area contributed by atoms with E-state index in [1.165, 1.54) is 17.5 Å². The summed E-state index contributed by atoms with van der Waals surface area (Å²) in [6.45, 7) is 0.282. The Balaban J connectivity index is 2.28. The lowest BCUT2D eigenvalue weighted by molar-refractivity contribution is 0.137. The Kier molecular flexibility index (Phi) is 1.44. The lowest BCUT2D eigenvalue weighted by atomic mass is 10.9. The van der Waals surface area contributed by atoms with Crippen molar-refractivity contribution in [3.8, 4) is 0 Å². The molecule has 0 saturated heterocycles. The third kappa shape index (κ3) is 1.52. The van der Waals surface area contributed by atoms with E-state index in [4.69, 9.17) is 10.5 Å². The maximum Gasteiger partial charge on any atom is 0.352 e. The van der Waals surface area contributed by atoms with Crippen molar-refractivity contribution in [2.45, 2.75) is 0 Å². The van der Waals surface area contributed by atoms with Crippen LogP contribution in [-0.2, 0) is 4.74 Å². The number of rotatable bonds is 1. The fraction of sp³-hybridized carbons (Fsp3) is 0.250. The minimum atomic E-state index is -0.842. The predicted octanol–water partition coefficient (Wildman–Crippen LogP) is -0.345. The number of nitrogens with one attached hydrogen (secondary N) is 2. The van der Waals surface area contributed by atoms with Crippen LogP contribution in [0, 0.1) is 0 Å². The Morgan fingerprint density at radius 3 is 3.11 bits per heavy atom. The summed E-state index contributed by atoms with van der Waals surface area (Å²) in [4.78, 5) is 10.0. The molecule has 9 heavy (non-hydrogen) atoms. The van der Waals surface area contributed by atoms with Crippen molar-refractivity contribution in [1.29, 1.82) is 0 Å². The Morgan fingerprint density at radius 1 is 1.89 bits per heavy atom. The lowest BCUT2D eigenvalue weighted by Crippen LogP contribution is -2.37. The molecule has 0 aromatic heterocycles. The minimum absolute atomic E-state index is 0.282. The molecule has 1 aliphatic rings. The zero-order valence-corrected chi connectivity index (χ0v) is 4.63. The van der Waals surface area contributed by atoms with Crippen molar-refractivity contribution in [2.24, 2.45) is 0 Å². The monoisotopic (exact) mass is 128 g/mol. The summed E-state index contributed by atoms with van der Waals surface area (Å²) >= 11 is 0. The predicted molar refractivity (Wildman–Crippen MR) is 28.6 cm³/mol. The molecule has 0 fully saturated rings. The summed E-state index contributed by atoms with van der Waals surface area (Å²) in [5, 5.41) is 1.37. The quantitative estimate of drug-likeness (QED) is 0.525. The molecule has 0 bridgehead atoms. The topological polar surface area (TPSA) is 65.4 Å². The molecule has 49 valence electrons. The van der Waals surface area contributed by atoms with Crippen LogP contribution < -0.4 is 11.2 Å². The highest BCUT2D eigenvalue weighted by molar-refractivity contribution is 5.70.